The minimum atomic E-state index is 0.0152. The zero-order valence-electron chi connectivity index (χ0n) is 17.7. The summed E-state index contributed by atoms with van der Waals surface area (Å²) in [6.07, 6.45) is 0. The predicted octanol–water partition coefficient (Wildman–Crippen LogP) is 2.36. The summed E-state index contributed by atoms with van der Waals surface area (Å²) in [5, 5.41) is 15.4. The molecule has 0 radical (unpaired) electrons. The van der Waals surface area contributed by atoms with Gasteiger partial charge in [-0.05, 0) is 64.6 Å². The third kappa shape index (κ3) is 4.65. The fourth-order valence-electron chi connectivity index (χ4n) is 3.61. The number of halogens is 1. The van der Waals surface area contributed by atoms with Crippen LogP contribution in [0.3, 0.4) is 0 Å². The van der Waals surface area contributed by atoms with Crippen LogP contribution in [0.25, 0.3) is 5.78 Å². The highest BCUT2D eigenvalue weighted by Gasteiger charge is 2.22. The number of aromatic nitrogens is 5. The van der Waals surface area contributed by atoms with E-state index < -0.39 is 0 Å². The van der Waals surface area contributed by atoms with Crippen molar-refractivity contribution in [2.24, 2.45) is 0 Å². The maximum Gasteiger partial charge on any atom is 0.277 e. The highest BCUT2D eigenvalue weighted by Crippen LogP contribution is 2.28. The maximum absolute atomic E-state index is 11.6. The number of fused-ring (bicyclic) bond motifs is 1. The van der Waals surface area contributed by atoms with E-state index in [1.54, 1.807) is 11.4 Å². The third-order valence-corrected chi connectivity index (χ3v) is 6.17. The van der Waals surface area contributed by atoms with Crippen LogP contribution in [-0.4, -0.2) is 68.6 Å². The van der Waals surface area contributed by atoms with Crippen LogP contribution < -0.4 is 15.0 Å². The zero-order chi connectivity index (χ0) is 22.0. The molecule has 0 saturated carbocycles. The van der Waals surface area contributed by atoms with E-state index in [0.29, 0.717) is 25.5 Å². The van der Waals surface area contributed by atoms with Crippen molar-refractivity contribution in [3.63, 3.8) is 0 Å². The molecule has 164 valence electrons. The Bertz CT molecular complexity index is 1080. The Kier molecular flexibility index (Phi) is 6.39. The van der Waals surface area contributed by atoms with Crippen LogP contribution in [0.4, 0.5) is 11.6 Å². The summed E-state index contributed by atoms with van der Waals surface area (Å²) in [5.41, 5.74) is 1.13. The number of benzene rings is 1. The molecule has 1 aliphatic heterocycles. The molecule has 1 saturated heterocycles. The smallest absolute Gasteiger partial charge is 0.277 e. The van der Waals surface area contributed by atoms with Crippen LogP contribution in [0.1, 0.15) is 32.4 Å². The quantitative estimate of drug-likeness (QED) is 0.480. The fourth-order valence-corrected chi connectivity index (χ4v) is 4.30. The molecule has 1 atom stereocenters. The normalized spacial score (nSPS) is 15.2. The molecule has 10 nitrogen and oxygen atoms in total. The van der Waals surface area contributed by atoms with Gasteiger partial charge in [-0.15, -0.1) is 0 Å². The average Bonchev–Trinajstić information content (AvgIpc) is 3.24. The number of nitrogens with zero attached hydrogens (tertiary/aromatic N) is 7. The molecule has 11 heteroatoms. The van der Waals surface area contributed by atoms with Crippen molar-refractivity contribution in [3.8, 4) is 5.75 Å². The van der Waals surface area contributed by atoms with Crippen molar-refractivity contribution in [1.82, 2.24) is 29.9 Å². The number of rotatable bonds is 6. The van der Waals surface area contributed by atoms with E-state index in [9.17, 15) is 4.79 Å². The van der Waals surface area contributed by atoms with Gasteiger partial charge < -0.3 is 19.9 Å². The second kappa shape index (κ2) is 9.20. The van der Waals surface area contributed by atoms with Gasteiger partial charge in [0.15, 0.2) is 0 Å². The molecule has 1 N–H and O–H groups in total. The first kappa shape index (κ1) is 21.5. The number of hydrogen-bond donors (Lipinski definition) is 1. The van der Waals surface area contributed by atoms with Crippen molar-refractivity contribution in [3.05, 3.63) is 33.4 Å². The second-order valence-corrected chi connectivity index (χ2v) is 8.53. The molecule has 2 aromatic heterocycles. The first-order chi connectivity index (χ1) is 15.0. The lowest BCUT2D eigenvalue weighted by molar-refractivity contribution is -0.129. The van der Waals surface area contributed by atoms with Gasteiger partial charge in [-0.25, -0.2) is 0 Å². The lowest BCUT2D eigenvalue weighted by Gasteiger charge is -2.35. The fraction of sp³-hybridized carbons (Fsp3) is 0.450. The number of nitrogens with one attached hydrogen (secondary N) is 1. The zero-order valence-corrected chi connectivity index (χ0v) is 19.9. The van der Waals surface area contributed by atoms with E-state index in [-0.39, 0.29) is 11.9 Å². The summed E-state index contributed by atoms with van der Waals surface area (Å²) in [4.78, 5) is 20.2. The van der Waals surface area contributed by atoms with Crippen LogP contribution in [-0.2, 0) is 4.79 Å². The molecular formula is C20H25IN8O2. The van der Waals surface area contributed by atoms with Gasteiger partial charge in [-0.2, -0.15) is 9.50 Å². The summed E-state index contributed by atoms with van der Waals surface area (Å²) in [6, 6.07) is 8.15. The standard InChI is InChI=1S/C20H25IN8O2/c1-4-31-17-6-5-15(11-16(17)21)13(2)22-19-12-18(23-20-24-25-26-29(19)20)28-9-7-27(8-10-28)14(3)30/h5-6,11-13,22H,4,7-10H2,1-3H3/t13-/m1/s1. The van der Waals surface area contributed by atoms with Crippen LogP contribution >= 0.6 is 22.6 Å². The number of ether oxygens (including phenoxy) is 1. The number of hydrogen-bond acceptors (Lipinski definition) is 8. The Morgan fingerprint density at radius 1 is 1.26 bits per heavy atom. The highest BCUT2D eigenvalue weighted by molar-refractivity contribution is 14.1. The average molecular weight is 536 g/mol. The Morgan fingerprint density at radius 2 is 2.03 bits per heavy atom. The lowest BCUT2D eigenvalue weighted by atomic mass is 10.1. The topological polar surface area (TPSA) is 101 Å². The Hall–Kier alpha value is -2.70. The van der Waals surface area contributed by atoms with E-state index in [1.807, 2.05) is 24.0 Å². The third-order valence-electron chi connectivity index (χ3n) is 5.33. The van der Waals surface area contributed by atoms with Gasteiger partial charge >= 0.3 is 0 Å². The first-order valence-electron chi connectivity index (χ1n) is 10.2. The molecule has 1 amide bonds. The van der Waals surface area contributed by atoms with Gasteiger partial charge in [-0.3, -0.25) is 4.79 Å². The Morgan fingerprint density at radius 3 is 2.71 bits per heavy atom. The molecule has 3 heterocycles. The van der Waals surface area contributed by atoms with E-state index in [1.165, 1.54) is 0 Å². The number of anilines is 2. The molecule has 0 bridgehead atoms. The predicted molar refractivity (Wildman–Crippen MR) is 125 cm³/mol. The SMILES string of the molecule is CCOc1ccc([C@@H](C)Nc2cc(N3CCN(C(C)=O)CC3)nc3nnnn23)cc1I. The summed E-state index contributed by atoms with van der Waals surface area (Å²) in [6.45, 7) is 9.11. The summed E-state index contributed by atoms with van der Waals surface area (Å²) in [5.74, 6) is 2.98. The van der Waals surface area contributed by atoms with Crippen LogP contribution in [0.15, 0.2) is 24.3 Å². The van der Waals surface area contributed by atoms with Crippen molar-refractivity contribution >= 4 is 45.9 Å². The van der Waals surface area contributed by atoms with Crippen LogP contribution in [0.2, 0.25) is 0 Å². The molecule has 31 heavy (non-hydrogen) atoms. The van der Waals surface area contributed by atoms with Crippen molar-refractivity contribution in [2.45, 2.75) is 26.8 Å². The number of tetrazole rings is 1. The van der Waals surface area contributed by atoms with Crippen molar-refractivity contribution < 1.29 is 9.53 Å². The van der Waals surface area contributed by atoms with Gasteiger partial charge in [0.2, 0.25) is 5.91 Å². The van der Waals surface area contributed by atoms with E-state index in [2.05, 4.69) is 72.4 Å². The largest absolute Gasteiger partial charge is 0.493 e. The number of amides is 1. The minimum absolute atomic E-state index is 0.0152. The lowest BCUT2D eigenvalue weighted by Crippen LogP contribution is -2.48. The van der Waals surface area contributed by atoms with E-state index in [0.717, 1.165) is 39.6 Å². The molecule has 4 rings (SSSR count). The molecule has 1 aliphatic rings. The van der Waals surface area contributed by atoms with Gasteiger partial charge in [0.1, 0.15) is 17.4 Å². The summed E-state index contributed by atoms with van der Waals surface area (Å²) in [7, 11) is 0. The Balaban J connectivity index is 1.57. The van der Waals surface area contributed by atoms with Gasteiger partial charge in [0, 0.05) is 45.2 Å². The summed E-state index contributed by atoms with van der Waals surface area (Å²) < 4.78 is 8.31. The molecule has 3 aromatic rings. The van der Waals surface area contributed by atoms with Crippen molar-refractivity contribution in [1.29, 1.82) is 0 Å². The first-order valence-corrected chi connectivity index (χ1v) is 11.3. The molecular weight excluding hydrogens is 511 g/mol. The second-order valence-electron chi connectivity index (χ2n) is 7.37. The van der Waals surface area contributed by atoms with Crippen LogP contribution in [0.5, 0.6) is 5.75 Å². The Labute approximate surface area is 194 Å². The van der Waals surface area contributed by atoms with E-state index in [4.69, 9.17) is 4.74 Å². The molecule has 1 fully saturated rings. The number of piperazine rings is 1. The van der Waals surface area contributed by atoms with Gasteiger partial charge in [0.25, 0.3) is 5.78 Å². The minimum Gasteiger partial charge on any atom is -0.493 e. The molecule has 0 unspecified atom stereocenters. The molecule has 1 aromatic carbocycles. The molecule has 0 aliphatic carbocycles. The monoisotopic (exact) mass is 536 g/mol. The molecule has 0 spiro atoms. The number of carbonyl (C=O) groups is 1. The van der Waals surface area contributed by atoms with Gasteiger partial charge in [-0.1, -0.05) is 11.2 Å². The highest BCUT2D eigenvalue weighted by atomic mass is 127. The number of carbonyl (C=O) groups excluding carboxylic acids is 1. The maximum atomic E-state index is 11.6. The van der Waals surface area contributed by atoms with Crippen molar-refractivity contribution in [2.75, 3.05) is 43.0 Å². The van der Waals surface area contributed by atoms with E-state index >= 15 is 0 Å². The summed E-state index contributed by atoms with van der Waals surface area (Å²) >= 11 is 2.29. The van der Waals surface area contributed by atoms with Crippen LogP contribution in [0, 0.1) is 3.57 Å². The van der Waals surface area contributed by atoms with Gasteiger partial charge in [0.05, 0.1) is 10.2 Å².